The number of carbonyl (C=O) groups is 1. The highest BCUT2D eigenvalue weighted by molar-refractivity contribution is 5.65. The Labute approximate surface area is 90.9 Å². The molecule has 2 heteroatoms. The first-order valence-corrected chi connectivity index (χ1v) is 5.65. The Hall–Kier alpha value is -1.31. The van der Waals surface area contributed by atoms with Crippen molar-refractivity contribution in [2.45, 2.75) is 26.2 Å². The van der Waals surface area contributed by atoms with E-state index in [9.17, 15) is 4.79 Å². The predicted octanol–water partition coefficient (Wildman–Crippen LogP) is 2.20. The SMILES string of the molecule is CCc1ccc2c(c1)N(CC=O)CCC2. The van der Waals surface area contributed by atoms with Gasteiger partial charge in [0.25, 0.3) is 0 Å². The molecule has 0 N–H and O–H groups in total. The minimum atomic E-state index is 0.528. The first kappa shape index (κ1) is 10.2. The average Bonchev–Trinajstić information content (AvgIpc) is 2.29. The van der Waals surface area contributed by atoms with Gasteiger partial charge in [0.05, 0.1) is 6.54 Å². The standard InChI is InChI=1S/C13H17NO/c1-2-11-5-6-12-4-3-7-14(8-9-15)13(12)10-11/h5-6,9-10H,2-4,7-8H2,1H3. The number of anilines is 1. The molecule has 0 spiro atoms. The van der Waals surface area contributed by atoms with Crippen molar-refractivity contribution in [1.82, 2.24) is 0 Å². The topological polar surface area (TPSA) is 20.3 Å². The predicted molar refractivity (Wildman–Crippen MR) is 62.4 cm³/mol. The van der Waals surface area contributed by atoms with E-state index in [2.05, 4.69) is 30.0 Å². The number of nitrogens with zero attached hydrogens (tertiary/aromatic N) is 1. The second-order valence-corrected chi connectivity index (χ2v) is 4.03. The van der Waals surface area contributed by atoms with Crippen LogP contribution in [-0.2, 0) is 17.6 Å². The summed E-state index contributed by atoms with van der Waals surface area (Å²) in [6.07, 6.45) is 4.36. The Kier molecular flexibility index (Phi) is 3.05. The molecule has 0 atom stereocenters. The maximum atomic E-state index is 10.6. The monoisotopic (exact) mass is 203 g/mol. The van der Waals surface area contributed by atoms with E-state index in [0.29, 0.717) is 6.54 Å². The number of rotatable bonds is 3. The number of fused-ring (bicyclic) bond motifs is 1. The maximum Gasteiger partial charge on any atom is 0.139 e. The second kappa shape index (κ2) is 4.47. The lowest BCUT2D eigenvalue weighted by atomic mass is 9.99. The molecule has 2 nitrogen and oxygen atoms in total. The van der Waals surface area contributed by atoms with Crippen molar-refractivity contribution in [3.8, 4) is 0 Å². The van der Waals surface area contributed by atoms with Gasteiger partial charge in [0, 0.05) is 12.2 Å². The Balaban J connectivity index is 2.34. The average molecular weight is 203 g/mol. The zero-order valence-corrected chi connectivity index (χ0v) is 9.20. The zero-order valence-electron chi connectivity index (χ0n) is 9.20. The first-order chi connectivity index (χ1) is 7.35. The van der Waals surface area contributed by atoms with Gasteiger partial charge in [0.15, 0.2) is 0 Å². The van der Waals surface area contributed by atoms with Gasteiger partial charge in [-0.25, -0.2) is 0 Å². The summed E-state index contributed by atoms with van der Waals surface area (Å²) >= 11 is 0. The van der Waals surface area contributed by atoms with Crippen LogP contribution in [0.4, 0.5) is 5.69 Å². The van der Waals surface area contributed by atoms with Crippen LogP contribution in [0.2, 0.25) is 0 Å². The molecule has 15 heavy (non-hydrogen) atoms. The van der Waals surface area contributed by atoms with Gasteiger partial charge < -0.3 is 9.69 Å². The molecule has 1 aromatic carbocycles. The zero-order chi connectivity index (χ0) is 10.7. The van der Waals surface area contributed by atoms with Crippen LogP contribution in [0, 0.1) is 0 Å². The Morgan fingerprint density at radius 2 is 2.33 bits per heavy atom. The summed E-state index contributed by atoms with van der Waals surface area (Å²) in [5, 5.41) is 0. The molecule has 0 fully saturated rings. The van der Waals surface area contributed by atoms with Crippen LogP contribution in [0.1, 0.15) is 24.5 Å². The fourth-order valence-electron chi connectivity index (χ4n) is 2.20. The molecule has 0 radical (unpaired) electrons. The van der Waals surface area contributed by atoms with E-state index in [-0.39, 0.29) is 0 Å². The Morgan fingerprint density at radius 1 is 1.47 bits per heavy atom. The fourth-order valence-corrected chi connectivity index (χ4v) is 2.20. The van der Waals surface area contributed by atoms with Crippen molar-refractivity contribution >= 4 is 12.0 Å². The highest BCUT2D eigenvalue weighted by Gasteiger charge is 2.16. The van der Waals surface area contributed by atoms with Gasteiger partial charge in [0.2, 0.25) is 0 Å². The normalized spacial score (nSPS) is 14.9. The quantitative estimate of drug-likeness (QED) is 0.702. The van der Waals surface area contributed by atoms with Crippen LogP contribution in [0.3, 0.4) is 0 Å². The smallest absolute Gasteiger partial charge is 0.139 e. The van der Waals surface area contributed by atoms with E-state index in [4.69, 9.17) is 0 Å². The van der Waals surface area contributed by atoms with Gasteiger partial charge >= 0.3 is 0 Å². The highest BCUT2D eigenvalue weighted by Crippen LogP contribution is 2.27. The summed E-state index contributed by atoms with van der Waals surface area (Å²) in [4.78, 5) is 12.8. The molecule has 1 aliphatic rings. The summed E-state index contributed by atoms with van der Waals surface area (Å²) in [6, 6.07) is 6.65. The molecule has 1 aliphatic heterocycles. The maximum absolute atomic E-state index is 10.6. The molecule has 1 aromatic rings. The van der Waals surface area contributed by atoms with Crippen LogP contribution in [0.25, 0.3) is 0 Å². The van der Waals surface area contributed by atoms with E-state index in [0.717, 1.165) is 32.1 Å². The third-order valence-corrected chi connectivity index (χ3v) is 3.07. The molecule has 0 amide bonds. The van der Waals surface area contributed by atoms with Crippen molar-refractivity contribution in [3.63, 3.8) is 0 Å². The molecule has 0 bridgehead atoms. The molecule has 0 saturated heterocycles. The highest BCUT2D eigenvalue weighted by atomic mass is 16.1. The number of aryl methyl sites for hydroxylation is 2. The number of carbonyl (C=O) groups excluding carboxylic acids is 1. The van der Waals surface area contributed by atoms with Crippen LogP contribution in [0.5, 0.6) is 0 Å². The van der Waals surface area contributed by atoms with Crippen molar-refractivity contribution in [1.29, 1.82) is 0 Å². The minimum absolute atomic E-state index is 0.528. The second-order valence-electron chi connectivity index (χ2n) is 4.03. The van der Waals surface area contributed by atoms with Gasteiger partial charge in [0.1, 0.15) is 6.29 Å². The molecule has 0 aliphatic carbocycles. The van der Waals surface area contributed by atoms with Gasteiger partial charge in [-0.15, -0.1) is 0 Å². The van der Waals surface area contributed by atoms with E-state index in [1.54, 1.807) is 0 Å². The van der Waals surface area contributed by atoms with Crippen LogP contribution >= 0.6 is 0 Å². The molecule has 80 valence electrons. The van der Waals surface area contributed by atoms with Gasteiger partial charge in [-0.2, -0.15) is 0 Å². The van der Waals surface area contributed by atoms with E-state index in [1.165, 1.54) is 16.8 Å². The van der Waals surface area contributed by atoms with Crippen molar-refractivity contribution < 1.29 is 4.79 Å². The largest absolute Gasteiger partial charge is 0.364 e. The molecule has 2 rings (SSSR count). The summed E-state index contributed by atoms with van der Waals surface area (Å²) in [7, 11) is 0. The number of benzene rings is 1. The lowest BCUT2D eigenvalue weighted by Gasteiger charge is -2.30. The van der Waals surface area contributed by atoms with Gasteiger partial charge in [-0.05, 0) is 36.5 Å². The number of hydrogen-bond acceptors (Lipinski definition) is 2. The lowest BCUT2D eigenvalue weighted by Crippen LogP contribution is -2.31. The minimum Gasteiger partial charge on any atom is -0.364 e. The molecular formula is C13H17NO. The van der Waals surface area contributed by atoms with Gasteiger partial charge in [-0.3, -0.25) is 0 Å². The molecule has 1 heterocycles. The van der Waals surface area contributed by atoms with E-state index >= 15 is 0 Å². The molecular weight excluding hydrogens is 186 g/mol. The van der Waals surface area contributed by atoms with E-state index in [1.807, 2.05) is 0 Å². The molecule has 0 unspecified atom stereocenters. The Morgan fingerprint density at radius 3 is 3.07 bits per heavy atom. The van der Waals surface area contributed by atoms with Crippen LogP contribution < -0.4 is 4.90 Å². The molecule has 0 saturated carbocycles. The van der Waals surface area contributed by atoms with Crippen LogP contribution in [-0.4, -0.2) is 19.4 Å². The van der Waals surface area contributed by atoms with Crippen molar-refractivity contribution in [2.24, 2.45) is 0 Å². The number of aldehydes is 1. The first-order valence-electron chi connectivity index (χ1n) is 5.65. The summed E-state index contributed by atoms with van der Waals surface area (Å²) < 4.78 is 0. The van der Waals surface area contributed by atoms with Crippen molar-refractivity contribution in [3.05, 3.63) is 29.3 Å². The fraction of sp³-hybridized carbons (Fsp3) is 0.462. The molecule has 0 aromatic heterocycles. The Bertz CT molecular complexity index is 360. The van der Waals surface area contributed by atoms with Gasteiger partial charge in [-0.1, -0.05) is 19.1 Å². The summed E-state index contributed by atoms with van der Waals surface area (Å²) in [5.41, 5.74) is 4.01. The number of hydrogen-bond donors (Lipinski definition) is 0. The summed E-state index contributed by atoms with van der Waals surface area (Å²) in [6.45, 7) is 3.70. The van der Waals surface area contributed by atoms with Crippen molar-refractivity contribution in [2.75, 3.05) is 18.0 Å². The van der Waals surface area contributed by atoms with Crippen LogP contribution in [0.15, 0.2) is 18.2 Å². The lowest BCUT2D eigenvalue weighted by molar-refractivity contribution is -0.106. The third-order valence-electron chi connectivity index (χ3n) is 3.07. The summed E-state index contributed by atoms with van der Waals surface area (Å²) in [5.74, 6) is 0. The third kappa shape index (κ3) is 2.04. The van der Waals surface area contributed by atoms with E-state index < -0.39 is 0 Å².